The first-order valence-electron chi connectivity index (χ1n) is 10.1. The minimum absolute atomic E-state index is 0.0967. The van der Waals surface area contributed by atoms with Gasteiger partial charge in [0.05, 0.1) is 24.2 Å². The van der Waals surface area contributed by atoms with Gasteiger partial charge in [-0.15, -0.1) is 0 Å². The van der Waals surface area contributed by atoms with Crippen molar-refractivity contribution >= 4 is 11.6 Å². The van der Waals surface area contributed by atoms with Crippen LogP contribution in [0.15, 0.2) is 29.3 Å². The van der Waals surface area contributed by atoms with Crippen LogP contribution in [0.4, 0.5) is 5.69 Å². The smallest absolute Gasteiger partial charge is 0.269 e. The highest BCUT2D eigenvalue weighted by molar-refractivity contribution is 5.80. The molecular formula is C20H33N5O3. The zero-order valence-electron chi connectivity index (χ0n) is 17.2. The van der Waals surface area contributed by atoms with Gasteiger partial charge in [0, 0.05) is 44.4 Å². The van der Waals surface area contributed by atoms with Crippen molar-refractivity contribution in [2.24, 2.45) is 4.99 Å². The summed E-state index contributed by atoms with van der Waals surface area (Å²) in [6, 6.07) is 7.01. The normalized spacial score (nSPS) is 16.4. The molecule has 2 rings (SSSR count). The highest BCUT2D eigenvalue weighted by Gasteiger charge is 2.19. The third-order valence-electron chi connectivity index (χ3n) is 4.67. The van der Waals surface area contributed by atoms with Crippen LogP contribution in [0.25, 0.3) is 0 Å². The van der Waals surface area contributed by atoms with Gasteiger partial charge < -0.3 is 20.3 Å². The SMILES string of the molecule is CCNC(=NCc1cccc([N+](=O)[O-])c1)NC1CCN(CCOC(C)C)CC1. The van der Waals surface area contributed by atoms with Gasteiger partial charge in [0.25, 0.3) is 5.69 Å². The lowest BCUT2D eigenvalue weighted by molar-refractivity contribution is -0.384. The van der Waals surface area contributed by atoms with E-state index in [1.165, 1.54) is 6.07 Å². The monoisotopic (exact) mass is 391 g/mol. The van der Waals surface area contributed by atoms with Gasteiger partial charge in [0.1, 0.15) is 0 Å². The summed E-state index contributed by atoms with van der Waals surface area (Å²) in [6.45, 7) is 11.2. The fourth-order valence-corrected chi connectivity index (χ4v) is 3.17. The Kier molecular flexibility index (Phi) is 9.16. The predicted molar refractivity (Wildman–Crippen MR) is 112 cm³/mol. The van der Waals surface area contributed by atoms with Crippen molar-refractivity contribution in [1.82, 2.24) is 15.5 Å². The molecule has 0 radical (unpaired) electrons. The maximum Gasteiger partial charge on any atom is 0.269 e. The number of rotatable bonds is 9. The molecule has 2 N–H and O–H groups in total. The van der Waals surface area contributed by atoms with Crippen LogP contribution in [0.2, 0.25) is 0 Å². The third-order valence-corrected chi connectivity index (χ3v) is 4.67. The molecule has 156 valence electrons. The van der Waals surface area contributed by atoms with E-state index >= 15 is 0 Å². The van der Waals surface area contributed by atoms with E-state index in [2.05, 4.69) is 34.4 Å². The summed E-state index contributed by atoms with van der Waals surface area (Å²) in [7, 11) is 0. The molecule has 0 spiro atoms. The fraction of sp³-hybridized carbons (Fsp3) is 0.650. The Balaban J connectivity index is 1.83. The number of hydrogen-bond acceptors (Lipinski definition) is 5. The average Bonchev–Trinajstić information content (AvgIpc) is 2.67. The molecule has 0 atom stereocenters. The number of aliphatic imine (C=N–C) groups is 1. The van der Waals surface area contributed by atoms with Crippen molar-refractivity contribution in [1.29, 1.82) is 0 Å². The number of nitro benzene ring substituents is 1. The molecule has 1 aromatic rings. The summed E-state index contributed by atoms with van der Waals surface area (Å²) >= 11 is 0. The molecule has 28 heavy (non-hydrogen) atoms. The van der Waals surface area contributed by atoms with Gasteiger partial charge in [-0.3, -0.25) is 10.1 Å². The number of nitro groups is 1. The second-order valence-corrected chi connectivity index (χ2v) is 7.30. The average molecular weight is 392 g/mol. The molecule has 1 aliphatic heterocycles. The van der Waals surface area contributed by atoms with Crippen molar-refractivity contribution in [3.05, 3.63) is 39.9 Å². The van der Waals surface area contributed by atoms with Crippen LogP contribution < -0.4 is 10.6 Å². The van der Waals surface area contributed by atoms with E-state index in [1.54, 1.807) is 12.1 Å². The number of non-ortho nitro benzene ring substituents is 1. The molecule has 1 heterocycles. The molecule has 0 aliphatic carbocycles. The molecule has 8 heteroatoms. The van der Waals surface area contributed by atoms with Crippen molar-refractivity contribution < 1.29 is 9.66 Å². The van der Waals surface area contributed by atoms with Crippen LogP contribution >= 0.6 is 0 Å². The second kappa shape index (κ2) is 11.6. The lowest BCUT2D eigenvalue weighted by Crippen LogP contribution is -2.49. The van der Waals surface area contributed by atoms with E-state index in [4.69, 9.17) is 4.74 Å². The molecule has 0 aromatic heterocycles. The Labute approximate surface area is 167 Å². The number of ether oxygens (including phenoxy) is 1. The minimum Gasteiger partial charge on any atom is -0.377 e. The van der Waals surface area contributed by atoms with Crippen LogP contribution in [-0.2, 0) is 11.3 Å². The lowest BCUT2D eigenvalue weighted by Gasteiger charge is -2.33. The number of nitrogens with one attached hydrogen (secondary N) is 2. The van der Waals surface area contributed by atoms with Gasteiger partial charge in [-0.2, -0.15) is 0 Å². The van der Waals surface area contributed by atoms with E-state index in [0.717, 1.165) is 57.2 Å². The topological polar surface area (TPSA) is 92.0 Å². The molecular weight excluding hydrogens is 358 g/mol. The zero-order chi connectivity index (χ0) is 20.4. The maximum atomic E-state index is 10.9. The zero-order valence-corrected chi connectivity index (χ0v) is 17.2. The Morgan fingerprint density at radius 2 is 2.14 bits per heavy atom. The van der Waals surface area contributed by atoms with Crippen molar-refractivity contribution in [3.63, 3.8) is 0 Å². The molecule has 0 amide bonds. The van der Waals surface area contributed by atoms with E-state index in [0.29, 0.717) is 12.6 Å². The second-order valence-electron chi connectivity index (χ2n) is 7.30. The summed E-state index contributed by atoms with van der Waals surface area (Å²) in [5.41, 5.74) is 0.922. The standard InChI is InChI=1S/C20H33N5O3/c1-4-21-20(22-15-17-6-5-7-19(14-17)25(26)27)23-18-8-10-24(11-9-18)12-13-28-16(2)3/h5-7,14,16,18H,4,8-13,15H2,1-3H3,(H2,21,22,23). The van der Waals surface area contributed by atoms with Crippen LogP contribution in [0.5, 0.6) is 0 Å². The van der Waals surface area contributed by atoms with Gasteiger partial charge in [0.15, 0.2) is 5.96 Å². The molecule has 0 unspecified atom stereocenters. The Hall–Kier alpha value is -2.19. The number of piperidine rings is 1. The molecule has 8 nitrogen and oxygen atoms in total. The van der Waals surface area contributed by atoms with E-state index in [9.17, 15) is 10.1 Å². The van der Waals surface area contributed by atoms with Crippen molar-refractivity contribution in [2.45, 2.75) is 52.3 Å². The highest BCUT2D eigenvalue weighted by atomic mass is 16.6. The van der Waals surface area contributed by atoms with Crippen molar-refractivity contribution in [2.75, 3.05) is 32.8 Å². The number of hydrogen-bond donors (Lipinski definition) is 2. The Bertz CT molecular complexity index is 642. The number of guanidine groups is 1. The molecule has 0 bridgehead atoms. The van der Waals surface area contributed by atoms with Crippen molar-refractivity contribution in [3.8, 4) is 0 Å². The third kappa shape index (κ3) is 7.82. The van der Waals surface area contributed by atoms with Gasteiger partial charge in [-0.25, -0.2) is 4.99 Å². The fourth-order valence-electron chi connectivity index (χ4n) is 3.17. The van der Waals surface area contributed by atoms with E-state index < -0.39 is 0 Å². The largest absolute Gasteiger partial charge is 0.377 e. The summed E-state index contributed by atoms with van der Waals surface area (Å²) in [5, 5.41) is 17.7. The molecule has 1 fully saturated rings. The first-order chi connectivity index (χ1) is 13.5. The van der Waals surface area contributed by atoms with E-state index in [-0.39, 0.29) is 16.7 Å². The number of likely N-dealkylation sites (tertiary alicyclic amines) is 1. The van der Waals surface area contributed by atoms with Gasteiger partial charge in [-0.1, -0.05) is 12.1 Å². The van der Waals surface area contributed by atoms with Gasteiger partial charge in [-0.05, 0) is 39.2 Å². The first-order valence-corrected chi connectivity index (χ1v) is 10.1. The highest BCUT2D eigenvalue weighted by Crippen LogP contribution is 2.14. The number of benzene rings is 1. The maximum absolute atomic E-state index is 10.9. The van der Waals surface area contributed by atoms with Crippen LogP contribution in [-0.4, -0.2) is 60.7 Å². The van der Waals surface area contributed by atoms with Gasteiger partial charge >= 0.3 is 0 Å². The first kappa shape index (κ1) is 22.1. The summed E-state index contributed by atoms with van der Waals surface area (Å²) in [4.78, 5) is 17.6. The molecule has 1 aliphatic rings. The molecule has 1 aromatic carbocycles. The number of nitrogens with zero attached hydrogens (tertiary/aromatic N) is 3. The molecule has 0 saturated carbocycles. The van der Waals surface area contributed by atoms with Crippen LogP contribution in [0.3, 0.4) is 0 Å². The predicted octanol–water partition coefficient (Wildman–Crippen LogP) is 2.54. The molecule has 1 saturated heterocycles. The lowest BCUT2D eigenvalue weighted by atomic mass is 10.1. The quantitative estimate of drug-likeness (QED) is 0.291. The van der Waals surface area contributed by atoms with E-state index in [1.807, 2.05) is 13.0 Å². The van der Waals surface area contributed by atoms with Crippen LogP contribution in [0, 0.1) is 10.1 Å². The minimum atomic E-state index is -0.378. The summed E-state index contributed by atoms with van der Waals surface area (Å²) in [5.74, 6) is 0.760. The van der Waals surface area contributed by atoms with Gasteiger partial charge in [0.2, 0.25) is 0 Å². The summed E-state index contributed by atoms with van der Waals surface area (Å²) in [6.07, 6.45) is 2.40. The Morgan fingerprint density at radius 3 is 2.79 bits per heavy atom. The Morgan fingerprint density at radius 1 is 1.39 bits per heavy atom. The van der Waals surface area contributed by atoms with Crippen LogP contribution in [0.1, 0.15) is 39.2 Å². The summed E-state index contributed by atoms with van der Waals surface area (Å²) < 4.78 is 5.64.